The Morgan fingerprint density at radius 3 is 3.13 bits per heavy atom. The average molecular weight is 229 g/mol. The van der Waals surface area contributed by atoms with Crippen LogP contribution in [0.15, 0.2) is 6.20 Å². The first-order chi connectivity index (χ1) is 7.16. The van der Waals surface area contributed by atoms with Crippen molar-refractivity contribution in [2.75, 3.05) is 17.7 Å². The second kappa shape index (κ2) is 4.20. The quantitative estimate of drug-likeness (QED) is 0.798. The minimum absolute atomic E-state index is 0.164. The second-order valence-corrected chi connectivity index (χ2v) is 3.95. The van der Waals surface area contributed by atoms with Crippen LogP contribution in [-0.4, -0.2) is 28.7 Å². The normalized spacial score (nSPS) is 25.5. The van der Waals surface area contributed by atoms with Gasteiger partial charge in [-0.15, -0.1) is 0 Å². The van der Waals surface area contributed by atoms with Crippen LogP contribution in [0.3, 0.4) is 0 Å². The Hall–Kier alpha value is -1.07. The van der Waals surface area contributed by atoms with E-state index in [2.05, 4.69) is 15.3 Å². The molecule has 0 spiro atoms. The summed E-state index contributed by atoms with van der Waals surface area (Å²) in [5.41, 5.74) is 5.48. The molecule has 15 heavy (non-hydrogen) atoms. The molecule has 3 N–H and O–H groups in total. The number of hydrogen-bond acceptors (Lipinski definition) is 5. The Kier molecular flexibility index (Phi) is 2.93. The molecule has 0 amide bonds. The van der Waals surface area contributed by atoms with Crippen molar-refractivity contribution in [1.82, 2.24) is 9.97 Å². The predicted octanol–water partition coefficient (Wildman–Crippen LogP) is 1.30. The van der Waals surface area contributed by atoms with Crippen LogP contribution in [0.25, 0.3) is 0 Å². The Morgan fingerprint density at radius 1 is 1.67 bits per heavy atom. The van der Waals surface area contributed by atoms with Gasteiger partial charge in [-0.3, -0.25) is 0 Å². The van der Waals surface area contributed by atoms with Gasteiger partial charge in [0.25, 0.3) is 0 Å². The summed E-state index contributed by atoms with van der Waals surface area (Å²) in [7, 11) is 0. The van der Waals surface area contributed by atoms with Gasteiger partial charge in [0.15, 0.2) is 5.82 Å². The lowest BCUT2D eigenvalue weighted by Gasteiger charge is -2.17. The van der Waals surface area contributed by atoms with Crippen LogP contribution in [0, 0.1) is 0 Å². The van der Waals surface area contributed by atoms with Gasteiger partial charge in [-0.2, -0.15) is 4.98 Å². The van der Waals surface area contributed by atoms with Gasteiger partial charge in [0.05, 0.1) is 18.3 Å². The highest BCUT2D eigenvalue weighted by Gasteiger charge is 2.24. The van der Waals surface area contributed by atoms with E-state index in [1.54, 1.807) is 0 Å². The average Bonchev–Trinajstić information content (AvgIpc) is 2.58. The molecule has 2 unspecified atom stereocenters. The van der Waals surface area contributed by atoms with Crippen LogP contribution in [0.1, 0.15) is 13.3 Å². The smallest absolute Gasteiger partial charge is 0.222 e. The van der Waals surface area contributed by atoms with Crippen LogP contribution < -0.4 is 11.1 Å². The number of nitrogens with two attached hydrogens (primary N) is 1. The Labute approximate surface area is 93.0 Å². The number of hydrogen-bond donors (Lipinski definition) is 2. The van der Waals surface area contributed by atoms with Gasteiger partial charge >= 0.3 is 0 Å². The van der Waals surface area contributed by atoms with E-state index >= 15 is 0 Å². The molecule has 0 aliphatic carbocycles. The molecule has 0 bridgehead atoms. The largest absolute Gasteiger partial charge is 0.376 e. The third-order valence-corrected chi connectivity index (χ3v) is 2.74. The topological polar surface area (TPSA) is 73.1 Å². The predicted molar refractivity (Wildman–Crippen MR) is 58.9 cm³/mol. The SMILES string of the molecule is CC1OCCC1Nc1nc(N)ncc1Cl. The number of nitrogens with one attached hydrogen (secondary N) is 1. The Morgan fingerprint density at radius 2 is 2.47 bits per heavy atom. The number of nitrogen functional groups attached to an aromatic ring is 1. The molecule has 2 rings (SSSR count). The number of aromatic nitrogens is 2. The zero-order chi connectivity index (χ0) is 10.8. The van der Waals surface area contributed by atoms with Crippen molar-refractivity contribution in [3.63, 3.8) is 0 Å². The van der Waals surface area contributed by atoms with Crippen molar-refractivity contribution in [1.29, 1.82) is 0 Å². The highest BCUT2D eigenvalue weighted by atomic mass is 35.5. The lowest BCUT2D eigenvalue weighted by Crippen LogP contribution is -2.27. The first-order valence-electron chi connectivity index (χ1n) is 4.83. The molecule has 0 aromatic carbocycles. The molecule has 1 fully saturated rings. The molecule has 1 aliphatic rings. The molecule has 2 atom stereocenters. The maximum absolute atomic E-state index is 5.94. The molecule has 0 saturated carbocycles. The van der Waals surface area contributed by atoms with Crippen LogP contribution in [0.5, 0.6) is 0 Å². The van der Waals surface area contributed by atoms with Gasteiger partial charge in [-0.05, 0) is 13.3 Å². The van der Waals surface area contributed by atoms with Crippen molar-refractivity contribution in [2.24, 2.45) is 0 Å². The van der Waals surface area contributed by atoms with E-state index in [-0.39, 0.29) is 18.1 Å². The second-order valence-electron chi connectivity index (χ2n) is 3.54. The number of anilines is 2. The third-order valence-electron chi connectivity index (χ3n) is 2.46. The standard InChI is InChI=1S/C9H13ClN4O/c1-5-7(2-3-15-5)13-8-6(10)4-12-9(11)14-8/h4-5,7H,2-3H2,1H3,(H3,11,12,13,14). The van der Waals surface area contributed by atoms with E-state index in [1.165, 1.54) is 6.20 Å². The molecule has 5 nitrogen and oxygen atoms in total. The van der Waals surface area contributed by atoms with Gasteiger partial charge in [0, 0.05) is 6.61 Å². The van der Waals surface area contributed by atoms with E-state index in [4.69, 9.17) is 22.1 Å². The summed E-state index contributed by atoms with van der Waals surface area (Å²) < 4.78 is 5.43. The third kappa shape index (κ3) is 2.30. The highest BCUT2D eigenvalue weighted by Crippen LogP contribution is 2.23. The van der Waals surface area contributed by atoms with E-state index < -0.39 is 0 Å². The van der Waals surface area contributed by atoms with Crippen LogP contribution in [0.2, 0.25) is 5.02 Å². The number of halogens is 1. The Bertz CT molecular complexity index is 360. The van der Waals surface area contributed by atoms with Gasteiger partial charge < -0.3 is 15.8 Å². The molecule has 1 aromatic heterocycles. The molecular weight excluding hydrogens is 216 g/mol. The maximum atomic E-state index is 5.94. The summed E-state index contributed by atoms with van der Waals surface area (Å²) >= 11 is 5.94. The summed E-state index contributed by atoms with van der Waals surface area (Å²) in [6, 6.07) is 0.233. The minimum atomic E-state index is 0.164. The fraction of sp³-hybridized carbons (Fsp3) is 0.556. The zero-order valence-electron chi connectivity index (χ0n) is 8.40. The van der Waals surface area contributed by atoms with Crippen LogP contribution in [-0.2, 0) is 4.74 Å². The van der Waals surface area contributed by atoms with Crippen molar-refractivity contribution < 1.29 is 4.74 Å². The van der Waals surface area contributed by atoms with E-state index in [0.29, 0.717) is 10.8 Å². The summed E-state index contributed by atoms with van der Waals surface area (Å²) in [4.78, 5) is 7.84. The zero-order valence-corrected chi connectivity index (χ0v) is 9.16. The van der Waals surface area contributed by atoms with Crippen molar-refractivity contribution in [2.45, 2.75) is 25.5 Å². The first-order valence-corrected chi connectivity index (χ1v) is 5.21. The van der Waals surface area contributed by atoms with Gasteiger partial charge in [-0.25, -0.2) is 4.98 Å². The number of ether oxygens (including phenoxy) is 1. The van der Waals surface area contributed by atoms with E-state index in [1.807, 2.05) is 6.92 Å². The van der Waals surface area contributed by atoms with Crippen molar-refractivity contribution >= 4 is 23.4 Å². The first kappa shape index (κ1) is 10.4. The van der Waals surface area contributed by atoms with Crippen molar-refractivity contribution in [3.05, 3.63) is 11.2 Å². The molecule has 1 saturated heterocycles. The summed E-state index contributed by atoms with van der Waals surface area (Å²) in [5, 5.41) is 3.69. The fourth-order valence-corrected chi connectivity index (χ4v) is 1.72. The Balaban J connectivity index is 2.12. The van der Waals surface area contributed by atoms with Gasteiger partial charge in [0.1, 0.15) is 5.02 Å². The van der Waals surface area contributed by atoms with Gasteiger partial charge in [0.2, 0.25) is 5.95 Å². The lowest BCUT2D eigenvalue weighted by molar-refractivity contribution is 0.121. The molecule has 2 heterocycles. The molecule has 6 heteroatoms. The molecular formula is C9H13ClN4O. The summed E-state index contributed by atoms with van der Waals surface area (Å²) in [6.45, 7) is 2.78. The minimum Gasteiger partial charge on any atom is -0.376 e. The van der Waals surface area contributed by atoms with Crippen LogP contribution >= 0.6 is 11.6 Å². The fourth-order valence-electron chi connectivity index (χ4n) is 1.58. The van der Waals surface area contributed by atoms with E-state index in [9.17, 15) is 0 Å². The molecule has 1 aliphatic heterocycles. The van der Waals surface area contributed by atoms with Gasteiger partial charge in [-0.1, -0.05) is 11.6 Å². The molecule has 1 aromatic rings. The van der Waals surface area contributed by atoms with E-state index in [0.717, 1.165) is 13.0 Å². The lowest BCUT2D eigenvalue weighted by atomic mass is 10.1. The number of nitrogens with zero attached hydrogens (tertiary/aromatic N) is 2. The maximum Gasteiger partial charge on any atom is 0.222 e. The molecule has 82 valence electrons. The van der Waals surface area contributed by atoms with Crippen LogP contribution in [0.4, 0.5) is 11.8 Å². The molecule has 0 radical (unpaired) electrons. The monoisotopic (exact) mass is 228 g/mol. The highest BCUT2D eigenvalue weighted by molar-refractivity contribution is 6.32. The summed E-state index contributed by atoms with van der Waals surface area (Å²) in [6.07, 6.45) is 2.60. The summed E-state index contributed by atoms with van der Waals surface area (Å²) in [5.74, 6) is 0.792. The van der Waals surface area contributed by atoms with Crippen molar-refractivity contribution in [3.8, 4) is 0 Å². The number of rotatable bonds is 2.